The summed E-state index contributed by atoms with van der Waals surface area (Å²) in [5.41, 5.74) is 8.01. The Morgan fingerprint density at radius 1 is 0.914 bits per heavy atom. The number of nitrogens with zero attached hydrogens (tertiary/aromatic N) is 3. The molecule has 1 saturated heterocycles. The van der Waals surface area contributed by atoms with Crippen molar-refractivity contribution in [2.75, 3.05) is 0 Å². The molecule has 5 heteroatoms. The van der Waals surface area contributed by atoms with Crippen molar-refractivity contribution in [3.05, 3.63) is 87.6 Å². The number of amides is 1. The number of carbonyl (C=O) groups is 1. The van der Waals surface area contributed by atoms with Crippen molar-refractivity contribution in [3.8, 4) is 5.69 Å². The minimum absolute atomic E-state index is 0.0903. The number of hydrogen-bond donors (Lipinski definition) is 0. The summed E-state index contributed by atoms with van der Waals surface area (Å²) in [5, 5.41) is 0.808. The van der Waals surface area contributed by atoms with E-state index in [0.29, 0.717) is 0 Å². The van der Waals surface area contributed by atoms with Crippen molar-refractivity contribution in [1.29, 1.82) is 0 Å². The van der Waals surface area contributed by atoms with Gasteiger partial charge in [-0.2, -0.15) is 0 Å². The minimum Gasteiger partial charge on any atom is -0.318 e. The minimum atomic E-state index is 0.0903. The van der Waals surface area contributed by atoms with Crippen LogP contribution < -0.4 is 0 Å². The lowest BCUT2D eigenvalue weighted by atomic mass is 9.94. The quantitative estimate of drug-likeness (QED) is 0.357. The summed E-state index contributed by atoms with van der Waals surface area (Å²) >= 11 is 1.51. The molecule has 180 valence electrons. The molecule has 2 aromatic carbocycles. The molecule has 2 aliphatic rings. The molecule has 1 aliphatic heterocycles. The molecule has 2 fully saturated rings. The predicted molar refractivity (Wildman–Crippen MR) is 148 cm³/mol. The standard InChI is InChI=1S/C30H33N3OS/c1-20-15-16-27(17-21(20)2)32-22(3)18-24(23(32)4)19-28-29(34)33(26-13-9-6-10-14-26)30(35-28)31-25-11-7-5-8-12-25/h5,7-8,11-12,15-19,26H,6,9-10,13-14H2,1-4H3/b28-19+,31-30?. The normalized spacial score (nSPS) is 19.3. The van der Waals surface area contributed by atoms with Crippen LogP contribution in [0.1, 0.15) is 60.2 Å². The number of amidine groups is 1. The first-order chi connectivity index (χ1) is 16.9. The maximum Gasteiger partial charge on any atom is 0.267 e. The average Bonchev–Trinajstić information content (AvgIpc) is 3.31. The van der Waals surface area contributed by atoms with Crippen molar-refractivity contribution in [1.82, 2.24) is 9.47 Å². The highest BCUT2D eigenvalue weighted by molar-refractivity contribution is 8.18. The van der Waals surface area contributed by atoms with Crippen LogP contribution in [0.4, 0.5) is 5.69 Å². The number of aliphatic imine (C=N–C) groups is 1. The van der Waals surface area contributed by atoms with E-state index in [-0.39, 0.29) is 11.9 Å². The van der Waals surface area contributed by atoms with E-state index in [4.69, 9.17) is 4.99 Å². The van der Waals surface area contributed by atoms with E-state index < -0.39 is 0 Å². The number of para-hydroxylation sites is 1. The van der Waals surface area contributed by atoms with Crippen molar-refractivity contribution in [2.24, 2.45) is 4.99 Å². The largest absolute Gasteiger partial charge is 0.318 e. The van der Waals surface area contributed by atoms with E-state index in [0.717, 1.165) is 51.2 Å². The van der Waals surface area contributed by atoms with E-state index in [1.807, 2.05) is 35.2 Å². The van der Waals surface area contributed by atoms with Gasteiger partial charge in [0.2, 0.25) is 0 Å². The average molecular weight is 484 g/mol. The van der Waals surface area contributed by atoms with E-state index in [1.54, 1.807) is 0 Å². The van der Waals surface area contributed by atoms with Crippen LogP contribution in [0.5, 0.6) is 0 Å². The second kappa shape index (κ2) is 9.90. The van der Waals surface area contributed by atoms with Gasteiger partial charge in [0.25, 0.3) is 5.91 Å². The van der Waals surface area contributed by atoms with Crippen LogP contribution in [-0.4, -0.2) is 26.6 Å². The van der Waals surface area contributed by atoms with Crippen LogP contribution in [-0.2, 0) is 4.79 Å². The summed E-state index contributed by atoms with van der Waals surface area (Å²) in [5.74, 6) is 0.0903. The molecule has 1 saturated carbocycles. The van der Waals surface area contributed by atoms with Crippen molar-refractivity contribution in [3.63, 3.8) is 0 Å². The van der Waals surface area contributed by atoms with Crippen molar-refractivity contribution in [2.45, 2.75) is 65.8 Å². The van der Waals surface area contributed by atoms with Gasteiger partial charge in [0.1, 0.15) is 0 Å². The van der Waals surface area contributed by atoms with Crippen LogP contribution >= 0.6 is 11.8 Å². The predicted octanol–water partition coefficient (Wildman–Crippen LogP) is 7.65. The zero-order valence-corrected chi connectivity index (χ0v) is 21.9. The molecule has 4 nitrogen and oxygen atoms in total. The zero-order valence-electron chi connectivity index (χ0n) is 21.0. The molecule has 0 atom stereocenters. The Hall–Kier alpha value is -3.05. The highest BCUT2D eigenvalue weighted by atomic mass is 32.2. The van der Waals surface area contributed by atoms with Gasteiger partial charge in [-0.3, -0.25) is 9.69 Å². The smallest absolute Gasteiger partial charge is 0.267 e. The molecule has 0 unspecified atom stereocenters. The molecule has 0 spiro atoms. The number of carbonyl (C=O) groups excluding carboxylic acids is 1. The highest BCUT2D eigenvalue weighted by Gasteiger charge is 2.38. The van der Waals surface area contributed by atoms with Gasteiger partial charge in [-0.25, -0.2) is 4.99 Å². The number of aromatic nitrogens is 1. The maximum atomic E-state index is 13.7. The molecule has 2 heterocycles. The molecule has 35 heavy (non-hydrogen) atoms. The topological polar surface area (TPSA) is 37.6 Å². The number of benzene rings is 2. The summed E-state index contributed by atoms with van der Waals surface area (Å²) in [6.07, 6.45) is 7.77. The Labute approximate surface area is 212 Å². The summed E-state index contributed by atoms with van der Waals surface area (Å²) < 4.78 is 2.28. The van der Waals surface area contributed by atoms with Gasteiger partial charge in [-0.05, 0) is 105 Å². The number of aryl methyl sites for hydroxylation is 3. The fraction of sp³-hybridized carbons (Fsp3) is 0.333. The van der Waals surface area contributed by atoms with Crippen LogP contribution in [0.25, 0.3) is 11.8 Å². The monoisotopic (exact) mass is 483 g/mol. The first-order valence-electron chi connectivity index (χ1n) is 12.6. The fourth-order valence-corrected chi connectivity index (χ4v) is 6.23. The van der Waals surface area contributed by atoms with Crippen LogP contribution in [0.2, 0.25) is 0 Å². The molecule has 1 aromatic heterocycles. The first kappa shape index (κ1) is 23.7. The lowest BCUT2D eigenvalue weighted by Crippen LogP contribution is -2.40. The third-order valence-electron chi connectivity index (χ3n) is 7.26. The van der Waals surface area contributed by atoms with Gasteiger partial charge in [0.05, 0.1) is 10.6 Å². The lowest BCUT2D eigenvalue weighted by molar-refractivity contribution is -0.124. The third kappa shape index (κ3) is 4.74. The van der Waals surface area contributed by atoms with Crippen LogP contribution in [0.15, 0.2) is 64.5 Å². The maximum absolute atomic E-state index is 13.7. The van der Waals surface area contributed by atoms with Gasteiger partial charge in [-0.15, -0.1) is 0 Å². The summed E-state index contributed by atoms with van der Waals surface area (Å²) in [7, 11) is 0. The molecule has 3 aromatic rings. The van der Waals surface area contributed by atoms with Crippen molar-refractivity contribution >= 4 is 34.6 Å². The third-order valence-corrected chi connectivity index (χ3v) is 8.25. The van der Waals surface area contributed by atoms with E-state index in [2.05, 4.69) is 62.6 Å². The highest BCUT2D eigenvalue weighted by Crippen LogP contribution is 2.39. The molecule has 1 aliphatic carbocycles. The zero-order chi connectivity index (χ0) is 24.5. The van der Waals surface area contributed by atoms with Gasteiger partial charge in [0, 0.05) is 23.1 Å². The number of hydrogen-bond acceptors (Lipinski definition) is 3. The van der Waals surface area contributed by atoms with Gasteiger partial charge < -0.3 is 4.57 Å². The van der Waals surface area contributed by atoms with E-state index in [9.17, 15) is 4.79 Å². The second-order valence-corrected chi connectivity index (χ2v) is 10.7. The van der Waals surface area contributed by atoms with Gasteiger partial charge in [-0.1, -0.05) is 43.5 Å². The second-order valence-electron chi connectivity index (χ2n) is 9.74. The molecule has 0 N–H and O–H groups in total. The number of rotatable bonds is 4. The number of thioether (sulfide) groups is 1. The lowest BCUT2D eigenvalue weighted by Gasteiger charge is -2.30. The Morgan fingerprint density at radius 2 is 1.66 bits per heavy atom. The molecular formula is C30H33N3OS. The van der Waals surface area contributed by atoms with Crippen molar-refractivity contribution < 1.29 is 4.79 Å². The van der Waals surface area contributed by atoms with Crippen LogP contribution in [0, 0.1) is 27.7 Å². The summed E-state index contributed by atoms with van der Waals surface area (Å²) in [6.45, 7) is 8.55. The van der Waals surface area contributed by atoms with Crippen LogP contribution in [0.3, 0.4) is 0 Å². The van der Waals surface area contributed by atoms with Gasteiger partial charge >= 0.3 is 0 Å². The molecule has 1 amide bonds. The molecule has 0 radical (unpaired) electrons. The Kier molecular flexibility index (Phi) is 6.70. The van der Waals surface area contributed by atoms with E-state index in [1.165, 1.54) is 42.2 Å². The first-order valence-corrected chi connectivity index (χ1v) is 13.4. The van der Waals surface area contributed by atoms with E-state index >= 15 is 0 Å². The summed E-state index contributed by atoms with van der Waals surface area (Å²) in [4.78, 5) is 21.4. The Morgan fingerprint density at radius 3 is 2.37 bits per heavy atom. The Balaban J connectivity index is 1.52. The fourth-order valence-electron chi connectivity index (χ4n) is 5.18. The molecule has 0 bridgehead atoms. The summed E-state index contributed by atoms with van der Waals surface area (Å²) in [6, 6.07) is 19.0. The Bertz CT molecular complexity index is 1310. The SMILES string of the molecule is Cc1ccc(-n2c(C)cc(/C=C3/SC(=Nc4ccccc4)N(C4CCCCC4)C3=O)c2C)cc1C. The molecule has 5 rings (SSSR count). The van der Waals surface area contributed by atoms with Gasteiger partial charge in [0.15, 0.2) is 5.17 Å². The molecular weight excluding hydrogens is 450 g/mol.